The van der Waals surface area contributed by atoms with Gasteiger partial charge in [0.15, 0.2) is 6.61 Å². The molecule has 0 aromatic heterocycles. The highest BCUT2D eigenvalue weighted by atomic mass is 35.5. The Morgan fingerprint density at radius 2 is 1.74 bits per heavy atom. The van der Waals surface area contributed by atoms with Gasteiger partial charge in [-0.05, 0) is 29.8 Å². The first-order valence-corrected chi connectivity index (χ1v) is 8.34. The summed E-state index contributed by atoms with van der Waals surface area (Å²) in [6.07, 6.45) is 0. The minimum absolute atomic E-state index is 0.175. The predicted octanol–water partition coefficient (Wildman–Crippen LogP) is 3.29. The SMILES string of the molecule is O=C(COC(=O)CSc1ccccc1)NCc1ccc(Cl)cc1. The molecule has 0 fully saturated rings. The van der Waals surface area contributed by atoms with Crippen LogP contribution in [0.3, 0.4) is 0 Å². The van der Waals surface area contributed by atoms with E-state index in [1.54, 1.807) is 12.1 Å². The lowest BCUT2D eigenvalue weighted by molar-refractivity contribution is -0.145. The van der Waals surface area contributed by atoms with Crippen LogP contribution in [0.5, 0.6) is 0 Å². The molecule has 0 unspecified atom stereocenters. The Morgan fingerprint density at radius 3 is 2.43 bits per heavy atom. The van der Waals surface area contributed by atoms with Crippen LogP contribution in [0.1, 0.15) is 5.56 Å². The summed E-state index contributed by atoms with van der Waals surface area (Å²) in [6, 6.07) is 16.7. The zero-order chi connectivity index (χ0) is 16.5. The van der Waals surface area contributed by atoms with Gasteiger partial charge in [0.05, 0.1) is 5.75 Å². The van der Waals surface area contributed by atoms with E-state index in [0.29, 0.717) is 11.6 Å². The quantitative estimate of drug-likeness (QED) is 0.615. The molecule has 0 atom stereocenters. The first kappa shape index (κ1) is 17.4. The zero-order valence-corrected chi connectivity index (χ0v) is 13.9. The first-order chi connectivity index (χ1) is 11.1. The minimum atomic E-state index is -0.416. The number of amides is 1. The van der Waals surface area contributed by atoms with Crippen molar-refractivity contribution in [1.82, 2.24) is 5.32 Å². The minimum Gasteiger partial charge on any atom is -0.455 e. The third-order valence-corrected chi connectivity index (χ3v) is 4.10. The molecule has 6 heteroatoms. The van der Waals surface area contributed by atoms with Gasteiger partial charge >= 0.3 is 5.97 Å². The molecular weight excluding hydrogens is 334 g/mol. The van der Waals surface area contributed by atoms with Crippen LogP contribution in [0.25, 0.3) is 0 Å². The summed E-state index contributed by atoms with van der Waals surface area (Å²) in [5, 5.41) is 3.32. The predicted molar refractivity (Wildman–Crippen MR) is 91.4 cm³/mol. The molecule has 2 rings (SSSR count). The van der Waals surface area contributed by atoms with Crippen molar-refractivity contribution in [3.8, 4) is 0 Å². The Labute approximate surface area is 144 Å². The monoisotopic (exact) mass is 349 g/mol. The van der Waals surface area contributed by atoms with Crippen LogP contribution in [0.15, 0.2) is 59.5 Å². The van der Waals surface area contributed by atoms with E-state index in [1.807, 2.05) is 42.5 Å². The molecule has 0 saturated heterocycles. The fourth-order valence-corrected chi connectivity index (χ4v) is 2.54. The standard InChI is InChI=1S/C17H16ClNO3S/c18-14-8-6-13(7-9-14)10-19-16(20)11-22-17(21)12-23-15-4-2-1-3-5-15/h1-9H,10-12H2,(H,19,20). The van der Waals surface area contributed by atoms with Crippen LogP contribution in [0, 0.1) is 0 Å². The molecule has 0 radical (unpaired) electrons. The summed E-state index contributed by atoms with van der Waals surface area (Å²) in [5.41, 5.74) is 0.925. The second-order valence-corrected chi connectivity index (χ2v) is 6.15. The summed E-state index contributed by atoms with van der Waals surface area (Å²) >= 11 is 7.16. The van der Waals surface area contributed by atoms with E-state index in [9.17, 15) is 9.59 Å². The third kappa shape index (κ3) is 6.76. The number of hydrogen-bond donors (Lipinski definition) is 1. The molecule has 23 heavy (non-hydrogen) atoms. The number of rotatable bonds is 7. The molecular formula is C17H16ClNO3S. The van der Waals surface area contributed by atoms with Gasteiger partial charge in [0.25, 0.3) is 5.91 Å². The molecule has 0 aliphatic carbocycles. The Morgan fingerprint density at radius 1 is 1.04 bits per heavy atom. The molecule has 2 aromatic carbocycles. The van der Waals surface area contributed by atoms with E-state index in [4.69, 9.17) is 16.3 Å². The lowest BCUT2D eigenvalue weighted by atomic mass is 10.2. The van der Waals surface area contributed by atoms with Crippen molar-refractivity contribution in [2.75, 3.05) is 12.4 Å². The van der Waals surface area contributed by atoms with Gasteiger partial charge in [-0.2, -0.15) is 0 Å². The highest BCUT2D eigenvalue weighted by molar-refractivity contribution is 8.00. The number of nitrogens with one attached hydrogen (secondary N) is 1. The number of benzene rings is 2. The topological polar surface area (TPSA) is 55.4 Å². The molecule has 0 bridgehead atoms. The number of halogens is 1. The average molecular weight is 350 g/mol. The fraction of sp³-hybridized carbons (Fsp3) is 0.176. The Balaban J connectivity index is 1.63. The summed E-state index contributed by atoms with van der Waals surface area (Å²) in [7, 11) is 0. The lowest BCUT2D eigenvalue weighted by Crippen LogP contribution is -2.28. The molecule has 0 saturated carbocycles. The van der Waals surface area contributed by atoms with Crippen molar-refractivity contribution in [2.45, 2.75) is 11.4 Å². The molecule has 0 aliphatic rings. The maximum absolute atomic E-state index is 11.6. The second-order valence-electron chi connectivity index (χ2n) is 4.67. The first-order valence-electron chi connectivity index (χ1n) is 6.98. The smallest absolute Gasteiger partial charge is 0.316 e. The summed E-state index contributed by atoms with van der Waals surface area (Å²) < 4.78 is 4.94. The van der Waals surface area contributed by atoms with Gasteiger partial charge in [-0.15, -0.1) is 11.8 Å². The Bertz CT molecular complexity index is 647. The van der Waals surface area contributed by atoms with E-state index >= 15 is 0 Å². The van der Waals surface area contributed by atoms with Crippen molar-refractivity contribution in [3.05, 3.63) is 65.2 Å². The van der Waals surface area contributed by atoms with Crippen molar-refractivity contribution in [2.24, 2.45) is 0 Å². The van der Waals surface area contributed by atoms with Crippen molar-refractivity contribution < 1.29 is 14.3 Å². The largest absolute Gasteiger partial charge is 0.455 e. The van der Waals surface area contributed by atoms with Crippen LogP contribution in [-0.2, 0) is 20.9 Å². The molecule has 4 nitrogen and oxygen atoms in total. The number of ether oxygens (including phenoxy) is 1. The summed E-state index contributed by atoms with van der Waals surface area (Å²) in [4.78, 5) is 24.2. The van der Waals surface area contributed by atoms with Crippen molar-refractivity contribution in [3.63, 3.8) is 0 Å². The molecule has 120 valence electrons. The van der Waals surface area contributed by atoms with Crippen molar-refractivity contribution in [1.29, 1.82) is 0 Å². The van der Waals surface area contributed by atoms with Crippen LogP contribution in [0.4, 0.5) is 0 Å². The number of carbonyl (C=O) groups excluding carboxylic acids is 2. The van der Waals surface area contributed by atoms with Crippen LogP contribution in [-0.4, -0.2) is 24.2 Å². The maximum atomic E-state index is 11.6. The van der Waals surface area contributed by atoms with E-state index in [0.717, 1.165) is 10.5 Å². The average Bonchev–Trinajstić information content (AvgIpc) is 2.58. The second kappa shape index (κ2) is 9.22. The molecule has 1 amide bonds. The van der Waals surface area contributed by atoms with Gasteiger partial charge in [-0.3, -0.25) is 9.59 Å². The van der Waals surface area contributed by atoms with E-state index in [1.165, 1.54) is 11.8 Å². The van der Waals surface area contributed by atoms with Gasteiger partial charge < -0.3 is 10.1 Å². The van der Waals surface area contributed by atoms with Gasteiger partial charge in [0.2, 0.25) is 0 Å². The van der Waals surface area contributed by atoms with Gasteiger partial charge in [-0.1, -0.05) is 41.9 Å². The summed E-state index contributed by atoms with van der Waals surface area (Å²) in [5.74, 6) is -0.576. The number of carbonyl (C=O) groups is 2. The van der Waals surface area contributed by atoms with Gasteiger partial charge in [-0.25, -0.2) is 0 Å². The normalized spacial score (nSPS) is 10.1. The highest BCUT2D eigenvalue weighted by Gasteiger charge is 2.08. The highest BCUT2D eigenvalue weighted by Crippen LogP contribution is 2.16. The number of thioether (sulfide) groups is 1. The van der Waals surface area contributed by atoms with Gasteiger partial charge in [0, 0.05) is 16.5 Å². The van der Waals surface area contributed by atoms with Crippen LogP contribution in [0.2, 0.25) is 5.02 Å². The molecule has 1 N–H and O–H groups in total. The van der Waals surface area contributed by atoms with E-state index in [-0.39, 0.29) is 18.3 Å². The molecule has 0 aliphatic heterocycles. The number of esters is 1. The molecule has 2 aromatic rings. The fourth-order valence-electron chi connectivity index (χ4n) is 1.70. The Hall–Kier alpha value is -1.98. The zero-order valence-electron chi connectivity index (χ0n) is 12.3. The van der Waals surface area contributed by atoms with Crippen LogP contribution < -0.4 is 5.32 Å². The van der Waals surface area contributed by atoms with Crippen molar-refractivity contribution >= 4 is 35.2 Å². The lowest BCUT2D eigenvalue weighted by Gasteiger charge is -2.07. The number of hydrogen-bond acceptors (Lipinski definition) is 4. The van der Waals surface area contributed by atoms with Crippen LogP contribution >= 0.6 is 23.4 Å². The maximum Gasteiger partial charge on any atom is 0.316 e. The Kier molecular flexibility index (Phi) is 6.97. The van der Waals surface area contributed by atoms with E-state index < -0.39 is 5.97 Å². The molecule has 0 spiro atoms. The molecule has 0 heterocycles. The third-order valence-electron chi connectivity index (χ3n) is 2.87. The van der Waals surface area contributed by atoms with Gasteiger partial charge in [0.1, 0.15) is 0 Å². The summed E-state index contributed by atoms with van der Waals surface area (Å²) in [6.45, 7) is 0.0914. The van der Waals surface area contributed by atoms with E-state index in [2.05, 4.69) is 5.32 Å².